The third-order valence-corrected chi connectivity index (χ3v) is 4.05. The van der Waals surface area contributed by atoms with Gasteiger partial charge in [0.15, 0.2) is 5.76 Å². The second kappa shape index (κ2) is 6.79. The first kappa shape index (κ1) is 14.8. The third kappa shape index (κ3) is 3.39. The molecule has 0 atom stereocenters. The van der Waals surface area contributed by atoms with Gasteiger partial charge < -0.3 is 14.6 Å². The van der Waals surface area contributed by atoms with E-state index >= 15 is 0 Å². The van der Waals surface area contributed by atoms with Gasteiger partial charge in [0.2, 0.25) is 0 Å². The Kier molecular flexibility index (Phi) is 4.58. The van der Waals surface area contributed by atoms with Crippen LogP contribution in [-0.4, -0.2) is 46.8 Å². The number of amides is 1. The lowest BCUT2D eigenvalue weighted by atomic mass is 10.1. The summed E-state index contributed by atoms with van der Waals surface area (Å²) in [6, 6.07) is 5.40. The number of aromatic nitrogens is 2. The largest absolute Gasteiger partial charge is 0.463 e. The van der Waals surface area contributed by atoms with Crippen LogP contribution in [0.1, 0.15) is 29.8 Å². The van der Waals surface area contributed by atoms with Crippen LogP contribution in [0, 0.1) is 0 Å². The van der Waals surface area contributed by atoms with E-state index < -0.39 is 0 Å². The topological polar surface area (TPSA) is 63.3 Å². The Hall–Kier alpha value is -2.08. The molecule has 2 aromatic heterocycles. The molecule has 1 fully saturated rings. The lowest BCUT2D eigenvalue weighted by Crippen LogP contribution is -2.38. The molecule has 0 spiro atoms. The molecule has 1 aliphatic rings. The zero-order valence-corrected chi connectivity index (χ0v) is 12.9. The standard InChI is InChI=1S/C16H22N4O2/c1-19-14(12-13(18-19)15-6-5-11-22-15)16(21)17-7-10-20-8-3-2-4-9-20/h5-6,11-12H,2-4,7-10H2,1H3,(H,17,21). The van der Waals surface area contributed by atoms with Crippen LogP contribution in [0.3, 0.4) is 0 Å². The summed E-state index contributed by atoms with van der Waals surface area (Å²) in [4.78, 5) is 14.7. The monoisotopic (exact) mass is 302 g/mol. The number of piperidine rings is 1. The maximum absolute atomic E-state index is 12.3. The molecule has 6 heteroatoms. The number of aryl methyl sites for hydroxylation is 1. The Balaban J connectivity index is 1.55. The molecule has 1 aliphatic heterocycles. The van der Waals surface area contributed by atoms with E-state index in [1.807, 2.05) is 12.1 Å². The van der Waals surface area contributed by atoms with Crippen molar-refractivity contribution in [3.63, 3.8) is 0 Å². The van der Waals surface area contributed by atoms with Gasteiger partial charge in [0.25, 0.3) is 5.91 Å². The highest BCUT2D eigenvalue weighted by Gasteiger charge is 2.16. The number of hydrogen-bond acceptors (Lipinski definition) is 4. The molecule has 22 heavy (non-hydrogen) atoms. The van der Waals surface area contributed by atoms with Crippen LogP contribution in [0.15, 0.2) is 28.9 Å². The van der Waals surface area contributed by atoms with Gasteiger partial charge in [-0.05, 0) is 38.1 Å². The lowest BCUT2D eigenvalue weighted by Gasteiger charge is -2.26. The average molecular weight is 302 g/mol. The molecule has 1 saturated heterocycles. The third-order valence-electron chi connectivity index (χ3n) is 4.05. The van der Waals surface area contributed by atoms with E-state index in [9.17, 15) is 4.79 Å². The summed E-state index contributed by atoms with van der Waals surface area (Å²) in [6.45, 7) is 3.86. The summed E-state index contributed by atoms with van der Waals surface area (Å²) in [6.07, 6.45) is 5.46. The van der Waals surface area contributed by atoms with Gasteiger partial charge >= 0.3 is 0 Å². The summed E-state index contributed by atoms with van der Waals surface area (Å²) in [5, 5.41) is 7.30. The Morgan fingerprint density at radius 3 is 2.91 bits per heavy atom. The van der Waals surface area contributed by atoms with Crippen LogP contribution in [0.4, 0.5) is 0 Å². The van der Waals surface area contributed by atoms with Crippen LogP contribution < -0.4 is 5.32 Å². The van der Waals surface area contributed by atoms with Crippen molar-refractivity contribution < 1.29 is 9.21 Å². The fourth-order valence-corrected chi connectivity index (χ4v) is 2.83. The quantitative estimate of drug-likeness (QED) is 0.916. The van der Waals surface area contributed by atoms with Crippen molar-refractivity contribution >= 4 is 5.91 Å². The smallest absolute Gasteiger partial charge is 0.269 e. The number of rotatable bonds is 5. The number of hydrogen-bond donors (Lipinski definition) is 1. The first-order valence-electron chi connectivity index (χ1n) is 7.82. The van der Waals surface area contributed by atoms with Gasteiger partial charge in [0.05, 0.1) is 6.26 Å². The van der Waals surface area contributed by atoms with Gasteiger partial charge in [0.1, 0.15) is 11.4 Å². The molecular weight excluding hydrogens is 280 g/mol. The molecule has 0 aromatic carbocycles. The second-order valence-corrected chi connectivity index (χ2v) is 5.67. The Labute approximate surface area is 130 Å². The van der Waals surface area contributed by atoms with Crippen LogP contribution in [0.5, 0.6) is 0 Å². The summed E-state index contributed by atoms with van der Waals surface area (Å²) in [5.41, 5.74) is 1.22. The molecule has 3 heterocycles. The van der Waals surface area contributed by atoms with Crippen LogP contribution in [0.25, 0.3) is 11.5 Å². The van der Waals surface area contributed by atoms with E-state index in [-0.39, 0.29) is 5.91 Å². The van der Waals surface area contributed by atoms with Crippen molar-refractivity contribution in [3.05, 3.63) is 30.2 Å². The number of likely N-dealkylation sites (tertiary alicyclic amines) is 1. The number of furan rings is 1. The minimum atomic E-state index is -0.0928. The molecule has 0 saturated carbocycles. The molecule has 1 amide bonds. The first-order valence-corrected chi connectivity index (χ1v) is 7.82. The summed E-state index contributed by atoms with van der Waals surface area (Å²) >= 11 is 0. The van der Waals surface area contributed by atoms with Crippen molar-refractivity contribution in [3.8, 4) is 11.5 Å². The van der Waals surface area contributed by atoms with Crippen molar-refractivity contribution in [2.45, 2.75) is 19.3 Å². The average Bonchev–Trinajstić information content (AvgIpc) is 3.17. The minimum absolute atomic E-state index is 0.0928. The van der Waals surface area contributed by atoms with Crippen molar-refractivity contribution in [2.75, 3.05) is 26.2 Å². The maximum atomic E-state index is 12.3. The van der Waals surface area contributed by atoms with Gasteiger partial charge in [-0.25, -0.2) is 0 Å². The Bertz CT molecular complexity index is 612. The summed E-state index contributed by atoms with van der Waals surface area (Å²) < 4.78 is 6.91. The van der Waals surface area contributed by atoms with E-state index in [0.717, 1.165) is 19.6 Å². The van der Waals surface area contributed by atoms with E-state index in [1.165, 1.54) is 19.3 Å². The molecule has 0 aliphatic carbocycles. The fourth-order valence-electron chi connectivity index (χ4n) is 2.83. The Morgan fingerprint density at radius 1 is 1.36 bits per heavy atom. The molecule has 1 N–H and O–H groups in total. The molecule has 2 aromatic rings. The fraction of sp³-hybridized carbons (Fsp3) is 0.500. The molecule has 3 rings (SSSR count). The van der Waals surface area contributed by atoms with Gasteiger partial charge in [0, 0.05) is 26.2 Å². The molecule has 0 radical (unpaired) electrons. The van der Waals surface area contributed by atoms with E-state index in [1.54, 1.807) is 24.1 Å². The molecule has 0 unspecified atom stereocenters. The van der Waals surface area contributed by atoms with Gasteiger partial charge in [-0.15, -0.1) is 0 Å². The van der Waals surface area contributed by atoms with Gasteiger partial charge in [-0.2, -0.15) is 5.10 Å². The molecule has 118 valence electrons. The number of carbonyl (C=O) groups is 1. The summed E-state index contributed by atoms with van der Waals surface area (Å²) in [7, 11) is 1.77. The van der Waals surface area contributed by atoms with Gasteiger partial charge in [-0.3, -0.25) is 9.48 Å². The summed E-state index contributed by atoms with van der Waals surface area (Å²) in [5.74, 6) is 0.577. The molecular formula is C16H22N4O2. The predicted molar refractivity (Wildman–Crippen MR) is 83.5 cm³/mol. The number of nitrogens with one attached hydrogen (secondary N) is 1. The van der Waals surface area contributed by atoms with Gasteiger partial charge in [-0.1, -0.05) is 6.42 Å². The maximum Gasteiger partial charge on any atom is 0.269 e. The zero-order chi connectivity index (χ0) is 15.4. The number of nitrogens with zero attached hydrogens (tertiary/aromatic N) is 3. The zero-order valence-electron chi connectivity index (χ0n) is 12.9. The highest BCUT2D eigenvalue weighted by molar-refractivity contribution is 5.93. The van der Waals surface area contributed by atoms with E-state index in [4.69, 9.17) is 4.42 Å². The second-order valence-electron chi connectivity index (χ2n) is 5.67. The SMILES string of the molecule is Cn1nc(-c2ccco2)cc1C(=O)NCCN1CCCCC1. The van der Waals surface area contributed by atoms with Crippen molar-refractivity contribution in [2.24, 2.45) is 7.05 Å². The van der Waals surface area contributed by atoms with Crippen LogP contribution >= 0.6 is 0 Å². The molecule has 0 bridgehead atoms. The minimum Gasteiger partial charge on any atom is -0.463 e. The highest BCUT2D eigenvalue weighted by Crippen LogP contribution is 2.19. The number of carbonyl (C=O) groups excluding carboxylic acids is 1. The van der Waals surface area contributed by atoms with Crippen molar-refractivity contribution in [1.29, 1.82) is 0 Å². The normalized spacial score (nSPS) is 15.9. The van der Waals surface area contributed by atoms with Crippen LogP contribution in [0.2, 0.25) is 0 Å². The van der Waals surface area contributed by atoms with Crippen molar-refractivity contribution in [1.82, 2.24) is 20.0 Å². The van der Waals surface area contributed by atoms with Crippen LogP contribution in [-0.2, 0) is 7.05 Å². The molecule has 6 nitrogen and oxygen atoms in total. The Morgan fingerprint density at radius 2 is 2.18 bits per heavy atom. The first-order chi connectivity index (χ1) is 10.7. The van der Waals surface area contributed by atoms with E-state index in [0.29, 0.717) is 23.7 Å². The van der Waals surface area contributed by atoms with E-state index in [2.05, 4.69) is 15.3 Å². The lowest BCUT2D eigenvalue weighted by molar-refractivity contribution is 0.0937. The predicted octanol–water partition coefficient (Wildman–Crippen LogP) is 1.90. The highest BCUT2D eigenvalue weighted by atomic mass is 16.3.